The Morgan fingerprint density at radius 3 is 2.00 bits per heavy atom. The normalized spacial score (nSPS) is 9.61. The number of rotatable bonds is 0. The predicted molar refractivity (Wildman–Crippen MR) is 74.4 cm³/mol. The number of aryl methyl sites for hydroxylation is 4. The summed E-state index contributed by atoms with van der Waals surface area (Å²) >= 11 is 0. The van der Waals surface area contributed by atoms with Gasteiger partial charge in [-0.2, -0.15) is 0 Å². The van der Waals surface area contributed by atoms with Crippen LogP contribution < -0.4 is 5.73 Å². The van der Waals surface area contributed by atoms with Crippen molar-refractivity contribution in [2.24, 2.45) is 0 Å². The summed E-state index contributed by atoms with van der Waals surface area (Å²) in [5.41, 5.74) is 10.8. The highest BCUT2D eigenvalue weighted by molar-refractivity contribution is 5.46. The van der Waals surface area contributed by atoms with Crippen LogP contribution >= 0.6 is 0 Å². The highest BCUT2D eigenvalue weighted by Gasteiger charge is 1.94. The molecule has 2 aromatic rings. The minimum absolute atomic E-state index is 0.773. The van der Waals surface area contributed by atoms with Crippen molar-refractivity contribution in [1.82, 2.24) is 15.0 Å². The topological polar surface area (TPSA) is 64.7 Å². The third kappa shape index (κ3) is 3.80. The van der Waals surface area contributed by atoms with Gasteiger partial charge in [0.1, 0.15) is 5.82 Å². The smallest absolute Gasteiger partial charge is 0.125 e. The Balaban J connectivity index is 0.000000180. The molecule has 96 valence electrons. The molecule has 0 amide bonds. The van der Waals surface area contributed by atoms with Crippen LogP contribution in [0.15, 0.2) is 18.6 Å². The van der Waals surface area contributed by atoms with Crippen LogP contribution in [0.5, 0.6) is 0 Å². The zero-order valence-corrected chi connectivity index (χ0v) is 11.7. The van der Waals surface area contributed by atoms with Gasteiger partial charge in [-0.25, -0.2) is 9.97 Å². The van der Waals surface area contributed by atoms with Crippen molar-refractivity contribution >= 4 is 5.69 Å². The van der Waals surface area contributed by atoms with Crippen molar-refractivity contribution in [3.63, 3.8) is 0 Å². The van der Waals surface area contributed by atoms with E-state index in [1.54, 1.807) is 6.20 Å². The van der Waals surface area contributed by atoms with Crippen molar-refractivity contribution in [1.29, 1.82) is 0 Å². The SMILES string of the molecule is Cc1cncc(N)c1C.Cc1ncc(C)c(C)n1. The van der Waals surface area contributed by atoms with Gasteiger partial charge in [-0.1, -0.05) is 0 Å². The number of nitrogens with zero attached hydrogens (tertiary/aromatic N) is 3. The number of anilines is 1. The van der Waals surface area contributed by atoms with Crippen molar-refractivity contribution in [2.75, 3.05) is 5.73 Å². The highest BCUT2D eigenvalue weighted by atomic mass is 14.9. The molecule has 0 aliphatic carbocycles. The second kappa shape index (κ2) is 6.10. The Morgan fingerprint density at radius 2 is 1.56 bits per heavy atom. The van der Waals surface area contributed by atoms with Crippen LogP contribution in [-0.4, -0.2) is 15.0 Å². The second-order valence-electron chi connectivity index (χ2n) is 4.36. The van der Waals surface area contributed by atoms with Gasteiger partial charge in [0.25, 0.3) is 0 Å². The molecule has 0 aliphatic rings. The molecule has 2 rings (SSSR count). The Hall–Kier alpha value is -1.97. The maximum Gasteiger partial charge on any atom is 0.125 e. The van der Waals surface area contributed by atoms with Crippen LogP contribution in [0.2, 0.25) is 0 Å². The lowest BCUT2D eigenvalue weighted by Crippen LogP contribution is -1.92. The number of nitrogens with two attached hydrogens (primary N) is 1. The fourth-order valence-corrected chi connectivity index (χ4v) is 1.29. The molecule has 0 bridgehead atoms. The average molecular weight is 244 g/mol. The van der Waals surface area contributed by atoms with Crippen LogP contribution in [-0.2, 0) is 0 Å². The second-order valence-corrected chi connectivity index (χ2v) is 4.36. The van der Waals surface area contributed by atoms with Gasteiger partial charge < -0.3 is 5.73 Å². The van der Waals surface area contributed by atoms with Crippen molar-refractivity contribution in [2.45, 2.75) is 34.6 Å². The number of nitrogen functional groups attached to an aromatic ring is 1. The zero-order chi connectivity index (χ0) is 13.7. The summed E-state index contributed by atoms with van der Waals surface area (Å²) in [6.07, 6.45) is 5.33. The predicted octanol–water partition coefficient (Wildman–Crippen LogP) is 2.68. The van der Waals surface area contributed by atoms with Gasteiger partial charge >= 0.3 is 0 Å². The van der Waals surface area contributed by atoms with E-state index >= 15 is 0 Å². The minimum atomic E-state index is 0.773. The number of hydrogen-bond donors (Lipinski definition) is 1. The fraction of sp³-hybridized carbons (Fsp3) is 0.357. The van der Waals surface area contributed by atoms with E-state index in [2.05, 4.69) is 15.0 Å². The average Bonchev–Trinajstić information content (AvgIpc) is 2.32. The summed E-state index contributed by atoms with van der Waals surface area (Å²) in [5, 5.41) is 0. The molecule has 2 N–H and O–H groups in total. The molecule has 0 fully saturated rings. The van der Waals surface area contributed by atoms with Crippen LogP contribution in [0.1, 0.15) is 28.2 Å². The van der Waals surface area contributed by atoms with Crippen LogP contribution in [0, 0.1) is 34.6 Å². The number of aromatic nitrogens is 3. The summed E-state index contributed by atoms with van der Waals surface area (Å²) in [4.78, 5) is 12.1. The van der Waals surface area contributed by atoms with Crippen molar-refractivity contribution < 1.29 is 0 Å². The number of pyridine rings is 1. The molecule has 0 saturated heterocycles. The van der Waals surface area contributed by atoms with E-state index in [-0.39, 0.29) is 0 Å². The molecule has 2 heterocycles. The van der Waals surface area contributed by atoms with Crippen LogP contribution in [0.3, 0.4) is 0 Å². The molecule has 0 spiro atoms. The third-order valence-corrected chi connectivity index (χ3v) is 2.85. The first-order valence-electron chi connectivity index (χ1n) is 5.85. The lowest BCUT2D eigenvalue weighted by atomic mass is 10.2. The van der Waals surface area contributed by atoms with Gasteiger partial charge in [0.15, 0.2) is 0 Å². The molecule has 0 saturated carbocycles. The third-order valence-electron chi connectivity index (χ3n) is 2.85. The van der Waals surface area contributed by atoms with Gasteiger partial charge in [0.2, 0.25) is 0 Å². The molecule has 0 radical (unpaired) electrons. The molecule has 0 unspecified atom stereocenters. The van der Waals surface area contributed by atoms with E-state index in [4.69, 9.17) is 5.73 Å². The van der Waals surface area contributed by atoms with E-state index in [0.717, 1.165) is 33.9 Å². The number of hydrogen-bond acceptors (Lipinski definition) is 4. The summed E-state index contributed by atoms with van der Waals surface area (Å²) in [7, 11) is 0. The Kier molecular flexibility index (Phi) is 4.77. The Morgan fingerprint density at radius 1 is 0.889 bits per heavy atom. The lowest BCUT2D eigenvalue weighted by Gasteiger charge is -1.99. The molecule has 4 heteroatoms. The molecule has 4 nitrogen and oxygen atoms in total. The Bertz CT molecular complexity index is 515. The van der Waals surface area contributed by atoms with Gasteiger partial charge in [0, 0.05) is 18.1 Å². The maximum atomic E-state index is 5.56. The quantitative estimate of drug-likeness (QED) is 0.773. The molecule has 18 heavy (non-hydrogen) atoms. The molecule has 2 aromatic heterocycles. The van der Waals surface area contributed by atoms with E-state index in [0.29, 0.717) is 0 Å². The van der Waals surface area contributed by atoms with Crippen LogP contribution in [0.25, 0.3) is 0 Å². The summed E-state index contributed by atoms with van der Waals surface area (Å²) in [6.45, 7) is 9.89. The van der Waals surface area contributed by atoms with Crippen molar-refractivity contribution in [3.8, 4) is 0 Å². The van der Waals surface area contributed by atoms with Crippen LogP contribution in [0.4, 0.5) is 5.69 Å². The molecule has 0 aliphatic heterocycles. The summed E-state index contributed by atoms with van der Waals surface area (Å²) in [6, 6.07) is 0. The van der Waals surface area contributed by atoms with E-state index in [1.807, 2.05) is 47.0 Å². The fourth-order valence-electron chi connectivity index (χ4n) is 1.29. The molecular weight excluding hydrogens is 224 g/mol. The van der Waals surface area contributed by atoms with Gasteiger partial charge in [-0.05, 0) is 51.3 Å². The minimum Gasteiger partial charge on any atom is -0.397 e. The Labute approximate surface area is 108 Å². The molecule has 0 aromatic carbocycles. The van der Waals surface area contributed by atoms with Gasteiger partial charge in [-0.15, -0.1) is 0 Å². The summed E-state index contributed by atoms with van der Waals surface area (Å²) in [5.74, 6) is 0.845. The summed E-state index contributed by atoms with van der Waals surface area (Å²) < 4.78 is 0. The van der Waals surface area contributed by atoms with E-state index in [9.17, 15) is 0 Å². The van der Waals surface area contributed by atoms with E-state index in [1.165, 1.54) is 0 Å². The van der Waals surface area contributed by atoms with Crippen molar-refractivity contribution in [3.05, 3.63) is 46.8 Å². The largest absolute Gasteiger partial charge is 0.397 e. The van der Waals surface area contributed by atoms with E-state index < -0.39 is 0 Å². The molecular formula is C14H20N4. The van der Waals surface area contributed by atoms with Gasteiger partial charge in [0.05, 0.1) is 11.9 Å². The monoisotopic (exact) mass is 244 g/mol. The first-order valence-corrected chi connectivity index (χ1v) is 5.85. The zero-order valence-electron chi connectivity index (χ0n) is 11.7. The lowest BCUT2D eigenvalue weighted by molar-refractivity contribution is 0.986. The van der Waals surface area contributed by atoms with Gasteiger partial charge in [-0.3, -0.25) is 4.98 Å². The first kappa shape index (κ1) is 14.1. The first-order chi connectivity index (χ1) is 8.41. The standard InChI is InChI=1S/2C7H10N2/c1-5-4-8-7(3)9-6(5)2;1-5-3-9-4-7(8)6(5)2/h4H,1-3H3;3-4H,8H2,1-2H3. The maximum absolute atomic E-state index is 5.56. The highest BCUT2D eigenvalue weighted by Crippen LogP contribution is 2.10. The molecule has 0 atom stereocenters.